The Morgan fingerprint density at radius 3 is 2.19 bits per heavy atom. The second-order valence-electron chi connectivity index (χ2n) is 3.56. The molecule has 82 valence electrons. The predicted octanol–water partition coefficient (Wildman–Crippen LogP) is 4.59. The van der Waals surface area contributed by atoms with Gasteiger partial charge in [-0.2, -0.15) is 0 Å². The van der Waals surface area contributed by atoms with Gasteiger partial charge < -0.3 is 0 Å². The van der Waals surface area contributed by atoms with Crippen molar-refractivity contribution in [3.8, 4) is 11.1 Å². The summed E-state index contributed by atoms with van der Waals surface area (Å²) in [7, 11) is 0. The Bertz CT molecular complexity index is 518. The van der Waals surface area contributed by atoms with Gasteiger partial charge in [-0.1, -0.05) is 29.8 Å². The molecule has 0 atom stereocenters. The van der Waals surface area contributed by atoms with Gasteiger partial charge in [-0.15, -0.1) is 0 Å². The van der Waals surface area contributed by atoms with Crippen LogP contribution in [0.1, 0.15) is 5.56 Å². The van der Waals surface area contributed by atoms with Crippen molar-refractivity contribution in [1.29, 1.82) is 0 Å². The van der Waals surface area contributed by atoms with Crippen LogP contribution in [0.3, 0.4) is 0 Å². The summed E-state index contributed by atoms with van der Waals surface area (Å²) in [6.45, 7) is 1.61. The Morgan fingerprint density at radius 2 is 1.56 bits per heavy atom. The summed E-state index contributed by atoms with van der Waals surface area (Å²) in [6, 6.07) is 9.11. The maximum Gasteiger partial charge on any atom is 0.136 e. The van der Waals surface area contributed by atoms with E-state index in [2.05, 4.69) is 0 Å². The van der Waals surface area contributed by atoms with Crippen molar-refractivity contribution in [2.75, 3.05) is 0 Å². The van der Waals surface area contributed by atoms with E-state index in [9.17, 15) is 8.78 Å². The summed E-state index contributed by atoms with van der Waals surface area (Å²) in [5.41, 5.74) is 0.908. The first-order valence-corrected chi connectivity index (χ1v) is 5.18. The molecule has 0 aliphatic carbocycles. The lowest BCUT2D eigenvalue weighted by Crippen LogP contribution is -1.92. The van der Waals surface area contributed by atoms with E-state index in [4.69, 9.17) is 11.6 Å². The number of benzene rings is 2. The third-order valence-corrected chi connectivity index (χ3v) is 2.67. The molecule has 0 radical (unpaired) electrons. The Morgan fingerprint density at radius 1 is 0.938 bits per heavy atom. The Hall–Kier alpha value is -1.41. The Balaban J connectivity index is 2.63. The van der Waals surface area contributed by atoms with E-state index in [0.717, 1.165) is 0 Å². The molecular formula is C13H9ClF2. The zero-order valence-electron chi connectivity index (χ0n) is 8.60. The third-order valence-electron chi connectivity index (χ3n) is 2.42. The molecule has 0 spiro atoms. The van der Waals surface area contributed by atoms with E-state index in [1.807, 2.05) is 0 Å². The van der Waals surface area contributed by atoms with Crippen LogP contribution < -0.4 is 0 Å². The zero-order chi connectivity index (χ0) is 11.7. The fourth-order valence-electron chi connectivity index (χ4n) is 1.54. The summed E-state index contributed by atoms with van der Waals surface area (Å²) in [4.78, 5) is 0. The zero-order valence-corrected chi connectivity index (χ0v) is 9.35. The minimum Gasteiger partial charge on any atom is -0.206 e. The molecule has 0 aliphatic heterocycles. The summed E-state index contributed by atoms with van der Waals surface area (Å²) >= 11 is 5.72. The first-order chi connectivity index (χ1) is 7.59. The van der Waals surface area contributed by atoms with Gasteiger partial charge in [0.05, 0.1) is 5.56 Å². The smallest absolute Gasteiger partial charge is 0.136 e. The number of rotatable bonds is 1. The fourth-order valence-corrected chi connectivity index (χ4v) is 1.66. The minimum atomic E-state index is -0.564. The van der Waals surface area contributed by atoms with Crippen molar-refractivity contribution in [3.05, 3.63) is 58.6 Å². The SMILES string of the molecule is Cc1ccc(F)c(-c2ccc(Cl)cc2)c1F. The van der Waals surface area contributed by atoms with Gasteiger partial charge in [0.1, 0.15) is 11.6 Å². The summed E-state index contributed by atoms with van der Waals surface area (Å²) in [5, 5.41) is 0.539. The van der Waals surface area contributed by atoms with Crippen LogP contribution in [0.15, 0.2) is 36.4 Å². The number of hydrogen-bond donors (Lipinski definition) is 0. The second-order valence-corrected chi connectivity index (χ2v) is 4.00. The Kier molecular flexibility index (Phi) is 2.92. The van der Waals surface area contributed by atoms with Crippen molar-refractivity contribution in [1.82, 2.24) is 0 Å². The fraction of sp³-hybridized carbons (Fsp3) is 0.0769. The minimum absolute atomic E-state index is 0.00309. The van der Waals surface area contributed by atoms with E-state index < -0.39 is 11.6 Å². The molecule has 0 amide bonds. The van der Waals surface area contributed by atoms with Gasteiger partial charge >= 0.3 is 0 Å². The van der Waals surface area contributed by atoms with Crippen LogP contribution in [-0.4, -0.2) is 0 Å². The van der Waals surface area contributed by atoms with Gasteiger partial charge in [0.2, 0.25) is 0 Å². The molecule has 0 aliphatic rings. The van der Waals surface area contributed by atoms with E-state index >= 15 is 0 Å². The lowest BCUT2D eigenvalue weighted by molar-refractivity contribution is 0.584. The highest BCUT2D eigenvalue weighted by Gasteiger charge is 2.12. The molecule has 0 saturated heterocycles. The van der Waals surface area contributed by atoms with Gasteiger partial charge in [-0.05, 0) is 36.2 Å². The van der Waals surface area contributed by atoms with Crippen LogP contribution >= 0.6 is 11.6 Å². The van der Waals surface area contributed by atoms with Crippen molar-refractivity contribution in [2.24, 2.45) is 0 Å². The maximum absolute atomic E-state index is 13.8. The van der Waals surface area contributed by atoms with Crippen LogP contribution in [0, 0.1) is 18.6 Å². The van der Waals surface area contributed by atoms with Crippen LogP contribution in [0.2, 0.25) is 5.02 Å². The van der Waals surface area contributed by atoms with Crippen molar-refractivity contribution < 1.29 is 8.78 Å². The lowest BCUT2D eigenvalue weighted by atomic mass is 10.0. The first-order valence-electron chi connectivity index (χ1n) is 4.80. The molecule has 0 fully saturated rings. The summed E-state index contributed by atoms with van der Waals surface area (Å²) in [6.07, 6.45) is 0. The van der Waals surface area contributed by atoms with Crippen molar-refractivity contribution in [3.63, 3.8) is 0 Å². The molecule has 0 nitrogen and oxygen atoms in total. The molecule has 16 heavy (non-hydrogen) atoms. The Labute approximate surface area is 97.5 Å². The highest BCUT2D eigenvalue weighted by molar-refractivity contribution is 6.30. The van der Waals surface area contributed by atoms with E-state index in [1.54, 1.807) is 31.2 Å². The first kappa shape index (κ1) is 11.1. The largest absolute Gasteiger partial charge is 0.206 e. The standard InChI is InChI=1S/C13H9ClF2/c1-8-2-7-11(15)12(13(8)16)9-3-5-10(14)6-4-9/h2-7H,1H3. The van der Waals surface area contributed by atoms with Crippen LogP contribution in [-0.2, 0) is 0 Å². The lowest BCUT2D eigenvalue weighted by Gasteiger charge is -2.07. The van der Waals surface area contributed by atoms with E-state index in [1.165, 1.54) is 12.1 Å². The molecule has 2 aromatic rings. The molecule has 0 N–H and O–H groups in total. The van der Waals surface area contributed by atoms with E-state index in [-0.39, 0.29) is 5.56 Å². The summed E-state index contributed by atoms with van der Waals surface area (Å²) in [5.74, 6) is -1.09. The number of halogens is 3. The molecule has 0 bridgehead atoms. The molecule has 2 aromatic carbocycles. The average molecular weight is 239 g/mol. The second kappa shape index (κ2) is 4.22. The van der Waals surface area contributed by atoms with Crippen LogP contribution in [0.5, 0.6) is 0 Å². The molecular weight excluding hydrogens is 230 g/mol. The molecule has 3 heteroatoms. The monoisotopic (exact) mass is 238 g/mol. The van der Waals surface area contributed by atoms with Gasteiger partial charge in [0, 0.05) is 5.02 Å². The molecule has 2 rings (SSSR count). The average Bonchev–Trinajstić information content (AvgIpc) is 2.27. The normalized spacial score (nSPS) is 10.5. The molecule has 0 saturated carbocycles. The van der Waals surface area contributed by atoms with Crippen LogP contribution in [0.25, 0.3) is 11.1 Å². The third kappa shape index (κ3) is 1.93. The quantitative estimate of drug-likeness (QED) is 0.682. The topological polar surface area (TPSA) is 0 Å². The number of aryl methyl sites for hydroxylation is 1. The van der Waals surface area contributed by atoms with Gasteiger partial charge in [-0.25, -0.2) is 8.78 Å². The molecule has 0 unspecified atom stereocenters. The highest BCUT2D eigenvalue weighted by Crippen LogP contribution is 2.28. The number of hydrogen-bond acceptors (Lipinski definition) is 0. The molecule has 0 aromatic heterocycles. The van der Waals surface area contributed by atoms with Crippen molar-refractivity contribution in [2.45, 2.75) is 6.92 Å². The highest BCUT2D eigenvalue weighted by atomic mass is 35.5. The van der Waals surface area contributed by atoms with Crippen LogP contribution in [0.4, 0.5) is 8.78 Å². The van der Waals surface area contributed by atoms with E-state index in [0.29, 0.717) is 16.1 Å². The molecule has 0 heterocycles. The summed E-state index contributed by atoms with van der Waals surface area (Å²) < 4.78 is 27.3. The maximum atomic E-state index is 13.8. The van der Waals surface area contributed by atoms with Gasteiger partial charge in [0.25, 0.3) is 0 Å². The van der Waals surface area contributed by atoms with Crippen molar-refractivity contribution >= 4 is 11.6 Å². The van der Waals surface area contributed by atoms with Gasteiger partial charge in [-0.3, -0.25) is 0 Å². The predicted molar refractivity (Wildman–Crippen MR) is 61.5 cm³/mol. The van der Waals surface area contributed by atoms with Gasteiger partial charge in [0.15, 0.2) is 0 Å².